The summed E-state index contributed by atoms with van der Waals surface area (Å²) in [5.74, 6) is -1.93. The molecule has 2 aromatic carbocycles. The zero-order valence-electron chi connectivity index (χ0n) is 13.8. The number of carbonyl (C=O) groups is 2. The molecule has 0 aliphatic heterocycles. The highest BCUT2D eigenvalue weighted by Crippen LogP contribution is 2.29. The molecule has 5 nitrogen and oxygen atoms in total. The predicted molar refractivity (Wildman–Crippen MR) is 93.4 cm³/mol. The van der Waals surface area contributed by atoms with E-state index < -0.39 is 18.5 Å². The van der Waals surface area contributed by atoms with Gasteiger partial charge in [-0.25, -0.2) is 9.18 Å². The molecule has 0 heterocycles. The van der Waals surface area contributed by atoms with Gasteiger partial charge in [0.25, 0.3) is 5.91 Å². The molecule has 1 N–H and O–H groups in total. The first-order valence-corrected chi connectivity index (χ1v) is 8.52. The van der Waals surface area contributed by atoms with Crippen LogP contribution in [0.3, 0.4) is 0 Å². The monoisotopic (exact) mass is 377 g/mol. The van der Waals surface area contributed by atoms with E-state index in [0.29, 0.717) is 5.56 Å². The highest BCUT2D eigenvalue weighted by atomic mass is 35.5. The number of ether oxygens (including phenoxy) is 1. The molecule has 3 rings (SSSR count). The van der Waals surface area contributed by atoms with Crippen LogP contribution in [-0.2, 0) is 16.1 Å². The summed E-state index contributed by atoms with van der Waals surface area (Å²) in [6.45, 7) is -0.355. The van der Waals surface area contributed by atoms with Crippen molar-refractivity contribution in [3.8, 4) is 5.75 Å². The maximum atomic E-state index is 13.8. The highest BCUT2D eigenvalue weighted by molar-refractivity contribution is 6.30. The first kappa shape index (κ1) is 18.2. The third kappa shape index (κ3) is 4.32. The SMILES string of the molecule is O=C(OCC(=O)N(Cc1ccccc1F)C1CC1)c1ccc(Cl)cc1O. The van der Waals surface area contributed by atoms with Crippen molar-refractivity contribution in [2.45, 2.75) is 25.4 Å². The lowest BCUT2D eigenvalue weighted by atomic mass is 10.2. The molecule has 0 aromatic heterocycles. The number of rotatable bonds is 6. The van der Waals surface area contributed by atoms with Gasteiger partial charge in [0, 0.05) is 23.2 Å². The number of phenolic OH excluding ortho intramolecular Hbond substituents is 1. The van der Waals surface area contributed by atoms with E-state index in [1.807, 2.05) is 0 Å². The van der Waals surface area contributed by atoms with Gasteiger partial charge < -0.3 is 14.7 Å². The minimum Gasteiger partial charge on any atom is -0.507 e. The predicted octanol–water partition coefficient (Wildman–Crippen LogP) is 3.53. The van der Waals surface area contributed by atoms with E-state index in [1.165, 1.54) is 29.2 Å². The summed E-state index contributed by atoms with van der Waals surface area (Å²) >= 11 is 5.72. The van der Waals surface area contributed by atoms with E-state index in [4.69, 9.17) is 16.3 Å². The summed E-state index contributed by atoms with van der Waals surface area (Å²) in [5.41, 5.74) is 0.337. The van der Waals surface area contributed by atoms with E-state index in [9.17, 15) is 19.1 Å². The van der Waals surface area contributed by atoms with Crippen molar-refractivity contribution in [1.29, 1.82) is 0 Å². The van der Waals surface area contributed by atoms with Gasteiger partial charge in [0.15, 0.2) is 6.61 Å². The molecule has 0 atom stereocenters. The van der Waals surface area contributed by atoms with Crippen LogP contribution in [0, 0.1) is 5.82 Å². The third-order valence-electron chi connectivity index (χ3n) is 4.11. The molecule has 0 bridgehead atoms. The van der Waals surface area contributed by atoms with Crippen LogP contribution >= 0.6 is 11.6 Å². The number of halogens is 2. The molecule has 1 saturated carbocycles. The lowest BCUT2D eigenvalue weighted by Gasteiger charge is -2.22. The lowest BCUT2D eigenvalue weighted by molar-refractivity contribution is -0.135. The second-order valence-corrected chi connectivity index (χ2v) is 6.52. The molecule has 1 aliphatic rings. The normalized spacial score (nSPS) is 13.3. The fourth-order valence-electron chi connectivity index (χ4n) is 2.58. The maximum absolute atomic E-state index is 13.8. The second kappa shape index (κ2) is 7.74. The Balaban J connectivity index is 1.63. The average molecular weight is 378 g/mol. The van der Waals surface area contributed by atoms with Gasteiger partial charge in [-0.3, -0.25) is 4.79 Å². The Morgan fingerprint density at radius 1 is 1.23 bits per heavy atom. The van der Waals surface area contributed by atoms with Crippen LogP contribution in [-0.4, -0.2) is 34.5 Å². The molecular formula is C19H17ClFNO4. The standard InChI is InChI=1S/C19H17ClFNO4/c20-13-5-8-15(17(23)9-13)19(25)26-11-18(24)22(14-6-7-14)10-12-3-1-2-4-16(12)21/h1-5,8-9,14,23H,6-7,10-11H2. The van der Waals surface area contributed by atoms with Crippen LogP contribution in [0.25, 0.3) is 0 Å². The van der Waals surface area contributed by atoms with E-state index >= 15 is 0 Å². The number of esters is 1. The van der Waals surface area contributed by atoms with Crippen LogP contribution in [0.15, 0.2) is 42.5 Å². The maximum Gasteiger partial charge on any atom is 0.342 e. The topological polar surface area (TPSA) is 66.8 Å². The Hall–Kier alpha value is -2.60. The van der Waals surface area contributed by atoms with Crippen LogP contribution < -0.4 is 0 Å². The number of carbonyl (C=O) groups excluding carboxylic acids is 2. The van der Waals surface area contributed by atoms with Gasteiger partial charge in [0.2, 0.25) is 0 Å². The fraction of sp³-hybridized carbons (Fsp3) is 0.263. The number of hydrogen-bond donors (Lipinski definition) is 1. The molecule has 2 aromatic rings. The molecule has 0 saturated heterocycles. The van der Waals surface area contributed by atoms with E-state index in [0.717, 1.165) is 12.8 Å². The van der Waals surface area contributed by atoms with Crippen molar-refractivity contribution >= 4 is 23.5 Å². The van der Waals surface area contributed by atoms with Crippen LogP contribution in [0.1, 0.15) is 28.8 Å². The number of amides is 1. The summed E-state index contributed by atoms with van der Waals surface area (Å²) in [4.78, 5) is 26.0. The quantitative estimate of drug-likeness (QED) is 0.782. The van der Waals surface area contributed by atoms with Gasteiger partial charge in [-0.05, 0) is 37.1 Å². The van der Waals surface area contributed by atoms with Gasteiger partial charge in [-0.15, -0.1) is 0 Å². The Morgan fingerprint density at radius 3 is 2.62 bits per heavy atom. The van der Waals surface area contributed by atoms with E-state index in [2.05, 4.69) is 0 Å². The van der Waals surface area contributed by atoms with Gasteiger partial charge in [-0.1, -0.05) is 29.8 Å². The first-order chi connectivity index (χ1) is 12.5. The Kier molecular flexibility index (Phi) is 5.42. The summed E-state index contributed by atoms with van der Waals surface area (Å²) in [6.07, 6.45) is 1.68. The van der Waals surface area contributed by atoms with Gasteiger partial charge in [-0.2, -0.15) is 0 Å². The Bertz CT molecular complexity index is 838. The molecule has 1 fully saturated rings. The summed E-state index contributed by atoms with van der Waals surface area (Å²) in [5, 5.41) is 10.0. The smallest absolute Gasteiger partial charge is 0.342 e. The molecule has 0 spiro atoms. The van der Waals surface area contributed by atoms with Crippen molar-refractivity contribution in [2.24, 2.45) is 0 Å². The van der Waals surface area contributed by atoms with Gasteiger partial charge in [0.05, 0.1) is 0 Å². The summed E-state index contributed by atoms with van der Waals surface area (Å²) < 4.78 is 18.9. The van der Waals surface area contributed by atoms with E-state index in [1.54, 1.807) is 18.2 Å². The molecule has 1 amide bonds. The first-order valence-electron chi connectivity index (χ1n) is 8.14. The van der Waals surface area contributed by atoms with Gasteiger partial charge in [0.1, 0.15) is 17.1 Å². The number of hydrogen-bond acceptors (Lipinski definition) is 4. The highest BCUT2D eigenvalue weighted by Gasteiger charge is 2.33. The molecule has 1 aliphatic carbocycles. The third-order valence-corrected chi connectivity index (χ3v) is 4.35. The van der Waals surface area contributed by atoms with Crippen LogP contribution in [0.5, 0.6) is 5.75 Å². The van der Waals surface area contributed by atoms with Gasteiger partial charge >= 0.3 is 5.97 Å². The summed E-state index contributed by atoms with van der Waals surface area (Å²) in [7, 11) is 0. The van der Waals surface area contributed by atoms with Crippen molar-refractivity contribution in [1.82, 2.24) is 4.90 Å². The fourth-order valence-corrected chi connectivity index (χ4v) is 2.75. The minimum absolute atomic E-state index is 0.0322. The molecule has 26 heavy (non-hydrogen) atoms. The number of benzene rings is 2. The lowest BCUT2D eigenvalue weighted by Crippen LogP contribution is -2.36. The van der Waals surface area contributed by atoms with Crippen LogP contribution in [0.2, 0.25) is 5.02 Å². The Morgan fingerprint density at radius 2 is 1.96 bits per heavy atom. The number of aromatic hydroxyl groups is 1. The molecule has 136 valence electrons. The van der Waals surface area contributed by atoms with Crippen LogP contribution in [0.4, 0.5) is 4.39 Å². The van der Waals surface area contributed by atoms with E-state index in [-0.39, 0.29) is 34.7 Å². The Labute approximate surface area is 154 Å². The molecule has 0 unspecified atom stereocenters. The molecule has 7 heteroatoms. The van der Waals surface area contributed by atoms with Crippen molar-refractivity contribution in [3.63, 3.8) is 0 Å². The average Bonchev–Trinajstić information content (AvgIpc) is 3.43. The van der Waals surface area contributed by atoms with Crippen molar-refractivity contribution < 1.29 is 23.8 Å². The number of nitrogens with zero attached hydrogens (tertiary/aromatic N) is 1. The minimum atomic E-state index is -0.825. The molecular weight excluding hydrogens is 361 g/mol. The second-order valence-electron chi connectivity index (χ2n) is 6.08. The molecule has 0 radical (unpaired) electrons. The van der Waals surface area contributed by atoms with Crippen molar-refractivity contribution in [2.75, 3.05) is 6.61 Å². The zero-order chi connectivity index (χ0) is 18.7. The number of phenols is 1. The zero-order valence-corrected chi connectivity index (χ0v) is 14.6. The largest absolute Gasteiger partial charge is 0.507 e. The summed E-state index contributed by atoms with van der Waals surface area (Å²) in [6, 6.07) is 10.3. The van der Waals surface area contributed by atoms with Crippen molar-refractivity contribution in [3.05, 3.63) is 64.4 Å².